The zero-order valence-electron chi connectivity index (χ0n) is 5.83. The van der Waals surface area contributed by atoms with Crippen LogP contribution in [0.4, 0.5) is 0 Å². The van der Waals surface area contributed by atoms with Gasteiger partial charge in [0.15, 0.2) is 0 Å². The number of hydrogen-bond donors (Lipinski definition) is 0. The molecule has 0 saturated carbocycles. The predicted molar refractivity (Wildman–Crippen MR) is 27.2 cm³/mol. The third kappa shape index (κ3) is 8.37. The Morgan fingerprint density at radius 3 is 1.33 bits per heavy atom. The van der Waals surface area contributed by atoms with Crippen LogP contribution in [0.3, 0.4) is 0 Å². The Kier molecular flexibility index (Phi) is 20.2. The Balaban J connectivity index is -0.000000120. The van der Waals surface area contributed by atoms with Gasteiger partial charge in [-0.2, -0.15) is 36.4 Å². The molecule has 0 aliphatic carbocycles. The Bertz CT molecular complexity index is 83.0. The molecule has 0 aliphatic rings. The van der Waals surface area contributed by atoms with Gasteiger partial charge in [-0.3, -0.25) is 0 Å². The van der Waals surface area contributed by atoms with Gasteiger partial charge in [0.1, 0.15) is 0 Å². The van der Waals surface area contributed by atoms with Crippen molar-refractivity contribution in [2.45, 2.75) is 0 Å². The van der Waals surface area contributed by atoms with E-state index in [1.54, 1.807) is 0 Å². The van der Waals surface area contributed by atoms with Gasteiger partial charge in [0, 0.05) is 0 Å². The molecular weight excluding hydrogens is 102 g/mol. The molecule has 0 amide bonds. The second-order valence-electron chi connectivity index (χ2n) is 1.08. The van der Waals surface area contributed by atoms with E-state index in [9.17, 15) is 0 Å². The van der Waals surface area contributed by atoms with Crippen molar-refractivity contribution in [2.24, 2.45) is 0 Å². The third-order valence-electron chi connectivity index (χ3n) is 0.607. The Hall–Kier alpha value is 0.375. The average Bonchev–Trinajstić information content (AvgIpc) is 1.72. The molecule has 0 aliphatic heterocycles. The molecule has 0 atom stereocenters. The normalized spacial score (nSPS) is 5.33. The second-order valence-corrected chi connectivity index (χ2v) is 1.08. The van der Waals surface area contributed by atoms with Crippen molar-refractivity contribution in [3.63, 3.8) is 0 Å². The maximum absolute atomic E-state index is 2.89. The molecular formula is C6H6Li2O. The summed E-state index contributed by atoms with van der Waals surface area (Å²) in [7, 11) is 0. The molecule has 38 valence electrons. The van der Waals surface area contributed by atoms with Crippen LogP contribution in [0.5, 0.6) is 0 Å². The molecule has 0 saturated heterocycles. The molecule has 0 spiro atoms. The average molecular weight is 108 g/mol. The van der Waals surface area contributed by atoms with Gasteiger partial charge in [0.05, 0.1) is 0 Å². The van der Waals surface area contributed by atoms with E-state index in [4.69, 9.17) is 0 Å². The van der Waals surface area contributed by atoms with Gasteiger partial charge in [0.2, 0.25) is 0 Å². The predicted octanol–water partition coefficient (Wildman–Crippen LogP) is -4.68. The summed E-state index contributed by atoms with van der Waals surface area (Å²) in [6, 6.07) is 12.5. The topological polar surface area (TPSA) is 30.0 Å². The molecule has 0 heterocycles. The van der Waals surface area contributed by atoms with Crippen molar-refractivity contribution in [1.82, 2.24) is 0 Å². The molecule has 9 heavy (non-hydrogen) atoms. The van der Waals surface area contributed by atoms with Crippen LogP contribution in [-0.2, 0) is 0 Å². The zero-order chi connectivity index (χ0) is 4.24. The first-order valence-corrected chi connectivity index (χ1v) is 1.91. The fourth-order valence-corrected chi connectivity index (χ4v) is 0.342. The van der Waals surface area contributed by atoms with Crippen molar-refractivity contribution < 1.29 is 43.2 Å². The maximum Gasteiger partial charge on any atom is 1.00 e. The van der Waals surface area contributed by atoms with Crippen LogP contribution >= 0.6 is 0 Å². The number of rotatable bonds is 0. The standard InChI is InChI=1S/C6H5.2Li.H2O/c1-2-4-6-5-3-1;;;/h1-5H;;;1H2/q-1;2*+1;/p-1. The minimum absolute atomic E-state index is 0. The van der Waals surface area contributed by atoms with Crippen LogP contribution in [0.2, 0.25) is 0 Å². The molecule has 1 rings (SSSR count). The van der Waals surface area contributed by atoms with E-state index >= 15 is 0 Å². The van der Waals surface area contributed by atoms with Crippen molar-refractivity contribution in [3.8, 4) is 0 Å². The van der Waals surface area contributed by atoms with Crippen LogP contribution in [0.1, 0.15) is 0 Å². The summed E-state index contributed by atoms with van der Waals surface area (Å²) in [4.78, 5) is 0. The SMILES string of the molecule is [Li+].[Li+].[OH-].[c-]1ccccc1. The number of benzene rings is 1. The van der Waals surface area contributed by atoms with E-state index in [0.717, 1.165) is 0 Å². The minimum Gasteiger partial charge on any atom is -0.870 e. The van der Waals surface area contributed by atoms with Crippen LogP contribution in [0.25, 0.3) is 0 Å². The zero-order valence-corrected chi connectivity index (χ0v) is 5.83. The van der Waals surface area contributed by atoms with Crippen LogP contribution < -0.4 is 37.7 Å². The van der Waals surface area contributed by atoms with Crippen molar-refractivity contribution in [2.75, 3.05) is 0 Å². The first-order valence-electron chi connectivity index (χ1n) is 1.91. The summed E-state index contributed by atoms with van der Waals surface area (Å²) in [6.07, 6.45) is 0. The fourth-order valence-electron chi connectivity index (χ4n) is 0.342. The van der Waals surface area contributed by atoms with Gasteiger partial charge in [-0.15, -0.1) is 0 Å². The van der Waals surface area contributed by atoms with E-state index < -0.39 is 0 Å². The molecule has 3 heteroatoms. The molecule has 0 fully saturated rings. The molecule has 1 N–H and O–H groups in total. The first kappa shape index (κ1) is 16.2. The molecule has 0 radical (unpaired) electrons. The monoisotopic (exact) mass is 108 g/mol. The summed E-state index contributed by atoms with van der Waals surface area (Å²) in [5, 5.41) is 0. The van der Waals surface area contributed by atoms with Crippen molar-refractivity contribution >= 4 is 0 Å². The van der Waals surface area contributed by atoms with E-state index in [0.29, 0.717) is 0 Å². The molecule has 1 aromatic rings. The summed E-state index contributed by atoms with van der Waals surface area (Å²) >= 11 is 0. The van der Waals surface area contributed by atoms with E-state index in [1.807, 2.05) is 30.3 Å². The summed E-state index contributed by atoms with van der Waals surface area (Å²) in [5.74, 6) is 0. The Morgan fingerprint density at radius 2 is 1.22 bits per heavy atom. The molecule has 1 aromatic carbocycles. The van der Waals surface area contributed by atoms with Crippen molar-refractivity contribution in [3.05, 3.63) is 36.4 Å². The first-order chi connectivity index (χ1) is 3.00. The summed E-state index contributed by atoms with van der Waals surface area (Å²) in [6.45, 7) is 0. The molecule has 0 bridgehead atoms. The van der Waals surface area contributed by atoms with Gasteiger partial charge >= 0.3 is 37.7 Å². The quantitative estimate of drug-likeness (QED) is 0.242. The van der Waals surface area contributed by atoms with Crippen LogP contribution in [0.15, 0.2) is 30.3 Å². The molecule has 0 unspecified atom stereocenters. The van der Waals surface area contributed by atoms with Crippen molar-refractivity contribution in [1.29, 1.82) is 0 Å². The number of hydrogen-bond acceptors (Lipinski definition) is 1. The minimum atomic E-state index is 0. The van der Waals surface area contributed by atoms with Gasteiger partial charge < -0.3 is 5.48 Å². The van der Waals surface area contributed by atoms with E-state index in [1.165, 1.54) is 0 Å². The Labute approximate surface area is 79.5 Å². The summed E-state index contributed by atoms with van der Waals surface area (Å²) < 4.78 is 0. The maximum atomic E-state index is 2.89. The van der Waals surface area contributed by atoms with Gasteiger partial charge in [0.25, 0.3) is 0 Å². The molecule has 0 aromatic heterocycles. The van der Waals surface area contributed by atoms with E-state index in [2.05, 4.69) is 6.07 Å². The third-order valence-corrected chi connectivity index (χ3v) is 0.607. The van der Waals surface area contributed by atoms with Crippen LogP contribution in [0, 0.1) is 6.07 Å². The summed E-state index contributed by atoms with van der Waals surface area (Å²) in [5.41, 5.74) is 0. The van der Waals surface area contributed by atoms with E-state index in [-0.39, 0.29) is 43.2 Å². The second kappa shape index (κ2) is 11.2. The van der Waals surface area contributed by atoms with Crippen LogP contribution in [-0.4, -0.2) is 5.48 Å². The molecule has 1 nitrogen and oxygen atoms in total. The van der Waals surface area contributed by atoms with Gasteiger partial charge in [-0.1, -0.05) is 0 Å². The van der Waals surface area contributed by atoms with Gasteiger partial charge in [-0.05, 0) is 0 Å². The fraction of sp³-hybridized carbons (Fsp3) is 0. The smallest absolute Gasteiger partial charge is 0.870 e. The largest absolute Gasteiger partial charge is 1.00 e. The Morgan fingerprint density at radius 1 is 0.778 bits per heavy atom. The van der Waals surface area contributed by atoms with Gasteiger partial charge in [-0.25, -0.2) is 0 Å².